The largest absolute Gasteiger partial charge is 0.347 e. The van der Waals surface area contributed by atoms with E-state index in [1.807, 2.05) is 14.0 Å². The zero-order valence-corrected chi connectivity index (χ0v) is 12.7. The highest BCUT2D eigenvalue weighted by molar-refractivity contribution is 9.11. The van der Waals surface area contributed by atoms with Gasteiger partial charge in [-0.05, 0) is 39.9 Å². The Labute approximate surface area is 116 Å². The maximum atomic E-state index is 10.8. The van der Waals surface area contributed by atoms with Gasteiger partial charge in [-0.15, -0.1) is 11.3 Å². The van der Waals surface area contributed by atoms with E-state index in [1.54, 1.807) is 11.3 Å². The van der Waals surface area contributed by atoms with Gasteiger partial charge < -0.3 is 4.90 Å². The minimum atomic E-state index is 0.707. The van der Waals surface area contributed by atoms with E-state index >= 15 is 0 Å². The number of aromatic nitrogens is 1. The molecule has 0 bridgehead atoms. The van der Waals surface area contributed by atoms with E-state index in [-0.39, 0.29) is 0 Å². The van der Waals surface area contributed by atoms with Crippen LogP contribution in [0.2, 0.25) is 0 Å². The average molecular weight is 331 g/mol. The van der Waals surface area contributed by atoms with Crippen molar-refractivity contribution in [2.24, 2.45) is 0 Å². The normalized spacial score (nSPS) is 10.5. The second-order valence-electron chi connectivity index (χ2n) is 3.68. The summed E-state index contributed by atoms with van der Waals surface area (Å²) in [6.07, 6.45) is 0.867. The molecule has 0 radical (unpaired) electrons. The first-order chi connectivity index (χ1) is 8.10. The van der Waals surface area contributed by atoms with Crippen molar-refractivity contribution in [3.8, 4) is 0 Å². The number of carbonyl (C=O) groups is 1. The Balaban J connectivity index is 2.13. The van der Waals surface area contributed by atoms with Crippen LogP contribution in [0.5, 0.6) is 0 Å². The molecular weight excluding hydrogens is 320 g/mol. The summed E-state index contributed by atoms with van der Waals surface area (Å²) < 4.78 is 1.13. The quantitative estimate of drug-likeness (QED) is 0.801. The molecule has 0 saturated heterocycles. The highest BCUT2D eigenvalue weighted by Crippen LogP contribution is 2.27. The van der Waals surface area contributed by atoms with Gasteiger partial charge in [-0.3, -0.25) is 4.79 Å². The zero-order valence-electron chi connectivity index (χ0n) is 9.44. The molecule has 0 aliphatic rings. The van der Waals surface area contributed by atoms with E-state index < -0.39 is 0 Å². The summed E-state index contributed by atoms with van der Waals surface area (Å²) in [6.45, 7) is 2.66. The van der Waals surface area contributed by atoms with Gasteiger partial charge in [-0.25, -0.2) is 4.98 Å². The van der Waals surface area contributed by atoms with Gasteiger partial charge in [-0.2, -0.15) is 0 Å². The number of hydrogen-bond donors (Lipinski definition) is 0. The van der Waals surface area contributed by atoms with Crippen LogP contribution < -0.4 is 4.90 Å². The average Bonchev–Trinajstić information content (AvgIpc) is 2.85. The summed E-state index contributed by atoms with van der Waals surface area (Å²) in [5.41, 5.74) is 2.04. The topological polar surface area (TPSA) is 33.2 Å². The Hall–Kier alpha value is -0.720. The van der Waals surface area contributed by atoms with Crippen LogP contribution in [0.15, 0.2) is 15.2 Å². The number of anilines is 1. The van der Waals surface area contributed by atoms with Crippen molar-refractivity contribution < 1.29 is 4.79 Å². The van der Waals surface area contributed by atoms with Crippen LogP contribution in [0, 0.1) is 6.92 Å². The molecule has 2 rings (SSSR count). The maximum absolute atomic E-state index is 10.8. The molecule has 2 aromatic rings. The van der Waals surface area contributed by atoms with Crippen LogP contribution in [0.1, 0.15) is 20.9 Å². The third kappa shape index (κ3) is 2.94. The molecule has 0 spiro atoms. The molecule has 90 valence electrons. The van der Waals surface area contributed by atoms with Crippen LogP contribution in [-0.4, -0.2) is 18.3 Å². The minimum absolute atomic E-state index is 0.707. The molecule has 0 saturated carbocycles. The van der Waals surface area contributed by atoms with Crippen molar-refractivity contribution in [2.75, 3.05) is 11.9 Å². The zero-order chi connectivity index (χ0) is 12.4. The number of aldehydes is 1. The van der Waals surface area contributed by atoms with E-state index in [4.69, 9.17) is 0 Å². The summed E-state index contributed by atoms with van der Waals surface area (Å²) >= 11 is 6.55. The van der Waals surface area contributed by atoms with Crippen molar-refractivity contribution >= 4 is 50.0 Å². The van der Waals surface area contributed by atoms with Crippen LogP contribution in [-0.2, 0) is 6.54 Å². The van der Waals surface area contributed by atoms with Crippen molar-refractivity contribution in [3.63, 3.8) is 0 Å². The number of carbonyl (C=O) groups excluding carboxylic acids is 1. The summed E-state index contributed by atoms with van der Waals surface area (Å²) in [5, 5.41) is 2.99. The summed E-state index contributed by atoms with van der Waals surface area (Å²) in [7, 11) is 1.98. The molecule has 0 aliphatic heterocycles. The molecule has 6 heteroatoms. The van der Waals surface area contributed by atoms with Crippen LogP contribution in [0.4, 0.5) is 5.13 Å². The van der Waals surface area contributed by atoms with Crippen molar-refractivity contribution in [3.05, 3.63) is 31.4 Å². The first-order valence-electron chi connectivity index (χ1n) is 4.97. The lowest BCUT2D eigenvalue weighted by atomic mass is 10.3. The molecule has 0 aliphatic carbocycles. The Kier molecular flexibility index (Phi) is 3.96. The maximum Gasteiger partial charge on any atom is 0.186 e. The number of aryl methyl sites for hydroxylation is 1. The fourth-order valence-corrected chi connectivity index (χ4v) is 3.48. The minimum Gasteiger partial charge on any atom is -0.347 e. The Morgan fingerprint density at radius 1 is 1.59 bits per heavy atom. The smallest absolute Gasteiger partial charge is 0.186 e. The SMILES string of the molecule is Cc1nc(N(C)Cc2csc(Br)c2)sc1C=O. The van der Waals surface area contributed by atoms with Gasteiger partial charge in [0.2, 0.25) is 0 Å². The molecule has 0 N–H and O–H groups in total. The standard InChI is InChI=1S/C11H11BrN2OS2/c1-7-9(5-15)17-11(13-7)14(2)4-8-3-10(12)16-6-8/h3,5-6H,4H2,1-2H3. The lowest BCUT2D eigenvalue weighted by molar-refractivity contribution is 0.112. The molecule has 0 amide bonds. The van der Waals surface area contributed by atoms with E-state index in [0.717, 1.165) is 27.4 Å². The molecule has 2 aromatic heterocycles. The third-order valence-electron chi connectivity index (χ3n) is 2.30. The van der Waals surface area contributed by atoms with Gasteiger partial charge in [0, 0.05) is 13.6 Å². The van der Waals surface area contributed by atoms with Gasteiger partial charge >= 0.3 is 0 Å². The monoisotopic (exact) mass is 330 g/mol. The number of nitrogens with zero attached hydrogens (tertiary/aromatic N) is 2. The second kappa shape index (κ2) is 5.29. The first kappa shape index (κ1) is 12.7. The van der Waals surface area contributed by atoms with Gasteiger partial charge in [0.25, 0.3) is 0 Å². The number of thiazole rings is 1. The Morgan fingerprint density at radius 3 is 2.88 bits per heavy atom. The predicted octanol–water partition coefficient (Wildman–Crippen LogP) is 3.72. The lowest BCUT2D eigenvalue weighted by Crippen LogP contribution is -2.15. The molecular formula is C11H11BrN2OS2. The number of thiophene rings is 1. The van der Waals surface area contributed by atoms with E-state index in [9.17, 15) is 4.79 Å². The van der Waals surface area contributed by atoms with Crippen LogP contribution >= 0.6 is 38.6 Å². The summed E-state index contributed by atoms with van der Waals surface area (Å²) in [5.74, 6) is 0. The number of halogens is 1. The number of hydrogen-bond acceptors (Lipinski definition) is 5. The van der Waals surface area contributed by atoms with Crippen molar-refractivity contribution in [1.82, 2.24) is 4.98 Å². The summed E-state index contributed by atoms with van der Waals surface area (Å²) in [4.78, 5) is 17.9. The van der Waals surface area contributed by atoms with Gasteiger partial charge in [0.1, 0.15) is 0 Å². The fourth-order valence-electron chi connectivity index (χ4n) is 1.44. The Morgan fingerprint density at radius 2 is 2.35 bits per heavy atom. The van der Waals surface area contributed by atoms with Gasteiger partial charge in [-0.1, -0.05) is 11.3 Å². The van der Waals surface area contributed by atoms with E-state index in [2.05, 4.69) is 37.3 Å². The molecule has 0 fully saturated rings. The van der Waals surface area contributed by atoms with Gasteiger partial charge in [0.15, 0.2) is 11.4 Å². The van der Waals surface area contributed by atoms with E-state index in [0.29, 0.717) is 4.88 Å². The number of rotatable bonds is 4. The van der Waals surface area contributed by atoms with Crippen molar-refractivity contribution in [2.45, 2.75) is 13.5 Å². The lowest BCUT2D eigenvalue weighted by Gasteiger charge is -2.14. The van der Waals surface area contributed by atoms with Gasteiger partial charge in [0.05, 0.1) is 14.4 Å². The molecule has 0 aromatic carbocycles. The highest BCUT2D eigenvalue weighted by Gasteiger charge is 2.11. The van der Waals surface area contributed by atoms with Crippen molar-refractivity contribution in [1.29, 1.82) is 0 Å². The molecule has 2 heterocycles. The predicted molar refractivity (Wildman–Crippen MR) is 76.4 cm³/mol. The highest BCUT2D eigenvalue weighted by atomic mass is 79.9. The molecule has 0 atom stereocenters. The summed E-state index contributed by atoms with van der Waals surface area (Å²) in [6, 6.07) is 2.10. The molecule has 17 heavy (non-hydrogen) atoms. The molecule has 3 nitrogen and oxygen atoms in total. The fraction of sp³-hybridized carbons (Fsp3) is 0.273. The van der Waals surface area contributed by atoms with E-state index in [1.165, 1.54) is 16.9 Å². The van der Waals surface area contributed by atoms with Crippen LogP contribution in [0.25, 0.3) is 0 Å². The second-order valence-corrected chi connectivity index (χ2v) is 6.98. The first-order valence-corrected chi connectivity index (χ1v) is 7.45. The Bertz CT molecular complexity index is 535. The third-order valence-corrected chi connectivity index (χ3v) is 5.05. The van der Waals surface area contributed by atoms with Crippen LogP contribution in [0.3, 0.4) is 0 Å². The molecule has 0 unspecified atom stereocenters.